The van der Waals surface area contributed by atoms with Crippen LogP contribution < -0.4 is 0 Å². The second-order valence-electron chi connectivity index (χ2n) is 5.78. The Hall–Kier alpha value is -1.97. The van der Waals surface area contributed by atoms with Crippen LogP contribution in [0.15, 0.2) is 48.5 Å². The first-order valence-electron chi connectivity index (χ1n) is 7.73. The maximum Gasteiger partial charge on any atom is 0.193 e. The van der Waals surface area contributed by atoms with E-state index in [4.69, 9.17) is 4.74 Å². The molecule has 0 saturated carbocycles. The van der Waals surface area contributed by atoms with Crippen molar-refractivity contribution >= 4 is 5.78 Å². The Morgan fingerprint density at radius 1 is 1.05 bits per heavy atom. The fraction of sp³-hybridized carbons (Fsp3) is 0.316. The van der Waals surface area contributed by atoms with Crippen molar-refractivity contribution in [3.63, 3.8) is 0 Å². The monoisotopic (exact) mass is 295 g/mol. The average Bonchev–Trinajstić information content (AvgIpc) is 2.56. The highest BCUT2D eigenvalue weighted by molar-refractivity contribution is 6.09. The van der Waals surface area contributed by atoms with Crippen molar-refractivity contribution < 1.29 is 9.53 Å². The molecule has 1 fully saturated rings. The van der Waals surface area contributed by atoms with E-state index >= 15 is 0 Å². The molecule has 0 unspecified atom stereocenters. The molecule has 0 bridgehead atoms. The molecule has 0 radical (unpaired) electrons. The molecule has 0 amide bonds. The zero-order chi connectivity index (χ0) is 15.4. The lowest BCUT2D eigenvalue weighted by Gasteiger charge is -2.26. The first-order chi connectivity index (χ1) is 10.7. The number of hydrogen-bond acceptors (Lipinski definition) is 3. The van der Waals surface area contributed by atoms with E-state index in [9.17, 15) is 4.79 Å². The Bertz CT molecular complexity index is 643. The van der Waals surface area contributed by atoms with Gasteiger partial charge in [-0.25, -0.2) is 0 Å². The second kappa shape index (κ2) is 6.86. The van der Waals surface area contributed by atoms with Gasteiger partial charge in [0.1, 0.15) is 0 Å². The predicted molar refractivity (Wildman–Crippen MR) is 87.1 cm³/mol. The largest absolute Gasteiger partial charge is 0.379 e. The molecule has 3 nitrogen and oxygen atoms in total. The van der Waals surface area contributed by atoms with E-state index in [-0.39, 0.29) is 5.78 Å². The number of benzene rings is 2. The molecule has 3 heteroatoms. The van der Waals surface area contributed by atoms with Crippen molar-refractivity contribution in [2.75, 3.05) is 26.3 Å². The molecule has 1 aliphatic heterocycles. The summed E-state index contributed by atoms with van der Waals surface area (Å²) in [5.74, 6) is 0.0848. The van der Waals surface area contributed by atoms with E-state index in [1.807, 2.05) is 43.3 Å². The number of hydrogen-bond donors (Lipinski definition) is 0. The predicted octanol–water partition coefficient (Wildman–Crippen LogP) is 3.06. The van der Waals surface area contributed by atoms with E-state index in [0.29, 0.717) is 0 Å². The summed E-state index contributed by atoms with van der Waals surface area (Å²) in [6, 6.07) is 15.7. The lowest BCUT2D eigenvalue weighted by atomic mass is 10.0. The molecular formula is C19H21NO2. The van der Waals surface area contributed by atoms with Crippen LogP contribution in [0.5, 0.6) is 0 Å². The summed E-state index contributed by atoms with van der Waals surface area (Å²) in [5, 5.41) is 0. The van der Waals surface area contributed by atoms with Gasteiger partial charge in [-0.1, -0.05) is 48.0 Å². The third kappa shape index (κ3) is 3.62. The lowest BCUT2D eigenvalue weighted by Crippen LogP contribution is -2.35. The van der Waals surface area contributed by atoms with Gasteiger partial charge in [-0.2, -0.15) is 0 Å². The normalized spacial score (nSPS) is 15.7. The minimum absolute atomic E-state index is 0.0848. The van der Waals surface area contributed by atoms with Crippen LogP contribution in [0, 0.1) is 6.92 Å². The molecule has 2 aromatic rings. The topological polar surface area (TPSA) is 29.5 Å². The fourth-order valence-corrected chi connectivity index (χ4v) is 2.73. The number of aryl methyl sites for hydroxylation is 1. The van der Waals surface area contributed by atoms with E-state index in [2.05, 4.69) is 17.0 Å². The van der Waals surface area contributed by atoms with Crippen LogP contribution in [0.1, 0.15) is 27.0 Å². The van der Waals surface area contributed by atoms with E-state index in [0.717, 1.165) is 49.5 Å². The molecule has 1 saturated heterocycles. The average molecular weight is 295 g/mol. The lowest BCUT2D eigenvalue weighted by molar-refractivity contribution is 0.0342. The number of carbonyl (C=O) groups is 1. The summed E-state index contributed by atoms with van der Waals surface area (Å²) >= 11 is 0. The van der Waals surface area contributed by atoms with Gasteiger partial charge >= 0.3 is 0 Å². The van der Waals surface area contributed by atoms with Crippen LogP contribution in [-0.4, -0.2) is 37.0 Å². The molecule has 1 aliphatic rings. The van der Waals surface area contributed by atoms with E-state index in [1.54, 1.807) is 0 Å². The minimum Gasteiger partial charge on any atom is -0.379 e. The standard InChI is InChI=1S/C19H21NO2/c1-15-3-2-4-18(13-15)19(21)17-7-5-16(6-8-17)14-20-9-11-22-12-10-20/h2-8,13H,9-12,14H2,1H3. The van der Waals surface area contributed by atoms with Crippen LogP contribution in [0.4, 0.5) is 0 Å². The number of carbonyl (C=O) groups excluding carboxylic acids is 1. The number of rotatable bonds is 4. The van der Waals surface area contributed by atoms with Gasteiger partial charge < -0.3 is 4.74 Å². The van der Waals surface area contributed by atoms with Crippen molar-refractivity contribution in [2.45, 2.75) is 13.5 Å². The number of ketones is 1. The van der Waals surface area contributed by atoms with Crippen molar-refractivity contribution in [1.82, 2.24) is 4.90 Å². The van der Waals surface area contributed by atoms with Crippen LogP contribution in [0.2, 0.25) is 0 Å². The Labute approximate surface area is 131 Å². The molecule has 0 N–H and O–H groups in total. The van der Waals surface area contributed by atoms with Gasteiger partial charge in [0.15, 0.2) is 5.78 Å². The highest BCUT2D eigenvalue weighted by atomic mass is 16.5. The zero-order valence-corrected chi connectivity index (χ0v) is 12.9. The maximum absolute atomic E-state index is 12.5. The summed E-state index contributed by atoms with van der Waals surface area (Å²) in [7, 11) is 0. The minimum atomic E-state index is 0.0848. The summed E-state index contributed by atoms with van der Waals surface area (Å²) in [6.45, 7) is 6.49. The second-order valence-corrected chi connectivity index (χ2v) is 5.78. The quantitative estimate of drug-likeness (QED) is 0.812. The third-order valence-corrected chi connectivity index (χ3v) is 4.01. The first kappa shape index (κ1) is 14.9. The summed E-state index contributed by atoms with van der Waals surface area (Å²) in [6.07, 6.45) is 0. The first-order valence-corrected chi connectivity index (χ1v) is 7.73. The molecular weight excluding hydrogens is 274 g/mol. The maximum atomic E-state index is 12.5. The summed E-state index contributed by atoms with van der Waals surface area (Å²) < 4.78 is 5.36. The van der Waals surface area contributed by atoms with Gasteiger partial charge in [0.2, 0.25) is 0 Å². The molecule has 0 aliphatic carbocycles. The van der Waals surface area contributed by atoms with Crippen molar-refractivity contribution in [3.8, 4) is 0 Å². The van der Waals surface area contributed by atoms with Gasteiger partial charge in [0.05, 0.1) is 13.2 Å². The molecule has 0 aromatic heterocycles. The highest BCUT2D eigenvalue weighted by Gasteiger charge is 2.12. The molecule has 0 atom stereocenters. The fourth-order valence-electron chi connectivity index (χ4n) is 2.73. The molecule has 0 spiro atoms. The third-order valence-electron chi connectivity index (χ3n) is 4.01. The number of ether oxygens (including phenoxy) is 1. The number of morpholine rings is 1. The van der Waals surface area contributed by atoms with Gasteiger partial charge in [-0.3, -0.25) is 9.69 Å². The molecule has 2 aromatic carbocycles. The Kier molecular flexibility index (Phi) is 4.66. The molecule has 3 rings (SSSR count). The Morgan fingerprint density at radius 3 is 2.45 bits per heavy atom. The van der Waals surface area contributed by atoms with Crippen molar-refractivity contribution in [3.05, 3.63) is 70.8 Å². The Balaban J connectivity index is 1.69. The highest BCUT2D eigenvalue weighted by Crippen LogP contribution is 2.14. The Morgan fingerprint density at radius 2 is 1.77 bits per heavy atom. The van der Waals surface area contributed by atoms with Crippen molar-refractivity contribution in [1.29, 1.82) is 0 Å². The zero-order valence-electron chi connectivity index (χ0n) is 12.9. The van der Waals surface area contributed by atoms with Gasteiger partial charge in [-0.05, 0) is 18.6 Å². The van der Waals surface area contributed by atoms with Crippen LogP contribution >= 0.6 is 0 Å². The van der Waals surface area contributed by atoms with Crippen molar-refractivity contribution in [2.24, 2.45) is 0 Å². The van der Waals surface area contributed by atoms with Crippen LogP contribution in [0.25, 0.3) is 0 Å². The molecule has 114 valence electrons. The van der Waals surface area contributed by atoms with Crippen LogP contribution in [0.3, 0.4) is 0 Å². The summed E-state index contributed by atoms with van der Waals surface area (Å²) in [5.41, 5.74) is 3.84. The SMILES string of the molecule is Cc1cccc(C(=O)c2ccc(CN3CCOCC3)cc2)c1. The van der Waals surface area contributed by atoms with Gasteiger partial charge in [-0.15, -0.1) is 0 Å². The molecule has 1 heterocycles. The van der Waals surface area contributed by atoms with E-state index in [1.165, 1.54) is 5.56 Å². The van der Waals surface area contributed by atoms with Crippen LogP contribution in [-0.2, 0) is 11.3 Å². The smallest absolute Gasteiger partial charge is 0.193 e. The van der Waals surface area contributed by atoms with Gasteiger partial charge in [0, 0.05) is 30.8 Å². The van der Waals surface area contributed by atoms with E-state index < -0.39 is 0 Å². The van der Waals surface area contributed by atoms with Gasteiger partial charge in [0.25, 0.3) is 0 Å². The number of nitrogens with zero attached hydrogens (tertiary/aromatic N) is 1. The molecule has 22 heavy (non-hydrogen) atoms. The summed E-state index contributed by atoms with van der Waals surface area (Å²) in [4.78, 5) is 14.8.